The minimum absolute atomic E-state index is 0.0691. The Balaban J connectivity index is 3.14. The second-order valence-electron chi connectivity index (χ2n) is 3.00. The van der Waals surface area contributed by atoms with Gasteiger partial charge in [0.25, 0.3) is 0 Å². The highest BCUT2D eigenvalue weighted by molar-refractivity contribution is 9.11. The van der Waals surface area contributed by atoms with Gasteiger partial charge in [-0.05, 0) is 23.8 Å². The topological polar surface area (TPSA) is 0 Å². The molecule has 0 spiro atoms. The molecular formula is C9H5Br3F4. The van der Waals surface area contributed by atoms with Gasteiger partial charge >= 0.3 is 12.3 Å². The molecule has 0 nitrogen and oxygen atoms in total. The standard InChI is InChI=1S/C9H5Br3F4/c10-4-1-2-6(11)5(3-4)7(12)9(15,16)8(13)14/h1-3,7-8H. The Labute approximate surface area is 115 Å². The summed E-state index contributed by atoms with van der Waals surface area (Å²) in [5, 5.41) is 0. The number of alkyl halides is 5. The van der Waals surface area contributed by atoms with Gasteiger partial charge in [0.05, 0.1) is 0 Å². The van der Waals surface area contributed by atoms with E-state index < -0.39 is 17.2 Å². The first-order chi connectivity index (χ1) is 7.26. The molecule has 0 N–H and O–H groups in total. The van der Waals surface area contributed by atoms with E-state index in [0.717, 1.165) is 0 Å². The summed E-state index contributed by atoms with van der Waals surface area (Å²) in [6.07, 6.45) is -3.72. The maximum atomic E-state index is 13.1. The minimum atomic E-state index is -4.12. The van der Waals surface area contributed by atoms with Crippen LogP contribution in [-0.2, 0) is 0 Å². The fraction of sp³-hybridized carbons (Fsp3) is 0.333. The van der Waals surface area contributed by atoms with Gasteiger partial charge in [0.2, 0.25) is 0 Å². The molecule has 0 amide bonds. The molecule has 7 heteroatoms. The van der Waals surface area contributed by atoms with Crippen molar-refractivity contribution >= 4 is 47.8 Å². The molecule has 0 aliphatic rings. The zero-order valence-electron chi connectivity index (χ0n) is 7.53. The molecule has 0 aliphatic carbocycles. The Hall–Kier alpha value is 0.380. The Kier molecular flexibility index (Phi) is 4.83. The molecular weight excluding hydrogens is 424 g/mol. The van der Waals surface area contributed by atoms with Crippen LogP contribution in [0.4, 0.5) is 17.6 Å². The van der Waals surface area contributed by atoms with E-state index in [4.69, 9.17) is 0 Å². The molecule has 1 rings (SSSR count). The van der Waals surface area contributed by atoms with Crippen LogP contribution in [0, 0.1) is 0 Å². The van der Waals surface area contributed by atoms with E-state index >= 15 is 0 Å². The first-order valence-electron chi connectivity index (χ1n) is 4.01. The molecule has 1 atom stereocenters. The van der Waals surface area contributed by atoms with Crippen LogP contribution in [-0.4, -0.2) is 12.3 Å². The maximum absolute atomic E-state index is 13.1. The second kappa shape index (κ2) is 5.35. The molecule has 0 fully saturated rings. The van der Waals surface area contributed by atoms with E-state index in [-0.39, 0.29) is 5.56 Å². The normalized spacial score (nSPS) is 14.2. The van der Waals surface area contributed by atoms with Gasteiger partial charge in [0, 0.05) is 8.95 Å². The van der Waals surface area contributed by atoms with Crippen molar-refractivity contribution in [3.05, 3.63) is 32.7 Å². The molecule has 0 aliphatic heterocycles. The van der Waals surface area contributed by atoms with Crippen LogP contribution >= 0.6 is 47.8 Å². The summed E-state index contributed by atoms with van der Waals surface area (Å²) in [6.45, 7) is 0. The molecule has 0 saturated heterocycles. The van der Waals surface area contributed by atoms with Gasteiger partial charge < -0.3 is 0 Å². The molecule has 0 radical (unpaired) electrons. The smallest absolute Gasteiger partial charge is 0.204 e. The van der Waals surface area contributed by atoms with Crippen LogP contribution in [0.2, 0.25) is 0 Å². The molecule has 0 bridgehead atoms. The second-order valence-corrected chi connectivity index (χ2v) is 5.69. The quantitative estimate of drug-likeness (QED) is 0.437. The van der Waals surface area contributed by atoms with Gasteiger partial charge in [-0.25, -0.2) is 8.78 Å². The fourth-order valence-electron chi connectivity index (χ4n) is 1.03. The zero-order chi connectivity index (χ0) is 12.5. The van der Waals surface area contributed by atoms with Crippen LogP contribution in [0.1, 0.15) is 10.4 Å². The van der Waals surface area contributed by atoms with Crippen LogP contribution in [0.25, 0.3) is 0 Å². The Morgan fingerprint density at radius 3 is 2.19 bits per heavy atom. The lowest BCUT2D eigenvalue weighted by Crippen LogP contribution is -2.31. The average Bonchev–Trinajstić information content (AvgIpc) is 2.20. The summed E-state index contributed by atoms with van der Waals surface area (Å²) >= 11 is 8.75. The Morgan fingerprint density at radius 2 is 1.69 bits per heavy atom. The van der Waals surface area contributed by atoms with Gasteiger partial charge in [-0.2, -0.15) is 8.78 Å². The van der Waals surface area contributed by atoms with Gasteiger partial charge in [0.1, 0.15) is 4.83 Å². The summed E-state index contributed by atoms with van der Waals surface area (Å²) in [6, 6.07) is 4.49. The molecule has 1 aromatic carbocycles. The molecule has 1 aromatic rings. The summed E-state index contributed by atoms with van der Waals surface area (Å²) in [5.41, 5.74) is 0.0691. The van der Waals surface area contributed by atoms with Crippen molar-refractivity contribution < 1.29 is 17.6 Å². The minimum Gasteiger partial charge on any atom is -0.204 e. The van der Waals surface area contributed by atoms with Crippen LogP contribution in [0.3, 0.4) is 0 Å². The predicted octanol–water partition coefficient (Wildman–Crippen LogP) is 5.55. The number of hydrogen-bond acceptors (Lipinski definition) is 0. The molecule has 0 heterocycles. The maximum Gasteiger partial charge on any atom is 0.323 e. The summed E-state index contributed by atoms with van der Waals surface area (Å²) in [7, 11) is 0. The lowest BCUT2D eigenvalue weighted by Gasteiger charge is -2.22. The van der Waals surface area contributed by atoms with Crippen LogP contribution in [0.15, 0.2) is 27.1 Å². The number of rotatable bonds is 3. The first kappa shape index (κ1) is 14.4. The average molecular weight is 429 g/mol. The van der Waals surface area contributed by atoms with Crippen LogP contribution < -0.4 is 0 Å². The summed E-state index contributed by atoms with van der Waals surface area (Å²) in [5.74, 6) is -4.12. The van der Waals surface area contributed by atoms with Crippen molar-refractivity contribution in [1.82, 2.24) is 0 Å². The zero-order valence-corrected chi connectivity index (χ0v) is 12.3. The number of benzene rings is 1. The largest absolute Gasteiger partial charge is 0.323 e. The van der Waals surface area contributed by atoms with E-state index in [1.165, 1.54) is 12.1 Å². The van der Waals surface area contributed by atoms with Crippen LogP contribution in [0.5, 0.6) is 0 Å². The monoisotopic (exact) mass is 426 g/mol. The third-order valence-corrected chi connectivity index (χ3v) is 4.18. The molecule has 1 unspecified atom stereocenters. The van der Waals surface area contributed by atoms with Crippen molar-refractivity contribution in [2.45, 2.75) is 17.2 Å². The van der Waals surface area contributed by atoms with Gasteiger partial charge in [-0.3, -0.25) is 0 Å². The molecule has 16 heavy (non-hydrogen) atoms. The highest BCUT2D eigenvalue weighted by atomic mass is 79.9. The highest BCUT2D eigenvalue weighted by Crippen LogP contribution is 2.45. The predicted molar refractivity (Wildman–Crippen MR) is 64.5 cm³/mol. The lowest BCUT2D eigenvalue weighted by molar-refractivity contribution is -0.127. The lowest BCUT2D eigenvalue weighted by atomic mass is 10.1. The van der Waals surface area contributed by atoms with E-state index in [1.54, 1.807) is 6.07 Å². The van der Waals surface area contributed by atoms with E-state index in [0.29, 0.717) is 8.95 Å². The van der Waals surface area contributed by atoms with E-state index in [2.05, 4.69) is 47.8 Å². The van der Waals surface area contributed by atoms with E-state index in [1.807, 2.05) is 0 Å². The fourth-order valence-corrected chi connectivity index (χ4v) is 2.77. The molecule has 90 valence electrons. The van der Waals surface area contributed by atoms with Crippen molar-refractivity contribution in [3.8, 4) is 0 Å². The summed E-state index contributed by atoms with van der Waals surface area (Å²) < 4.78 is 51.4. The Bertz CT molecular complexity index is 381. The van der Waals surface area contributed by atoms with Crippen molar-refractivity contribution in [1.29, 1.82) is 0 Å². The van der Waals surface area contributed by atoms with E-state index in [9.17, 15) is 17.6 Å². The first-order valence-corrected chi connectivity index (χ1v) is 6.52. The van der Waals surface area contributed by atoms with Gasteiger partial charge in [0.15, 0.2) is 0 Å². The van der Waals surface area contributed by atoms with Crippen molar-refractivity contribution in [2.75, 3.05) is 0 Å². The number of halogens is 7. The summed E-state index contributed by atoms with van der Waals surface area (Å²) in [4.78, 5) is -1.74. The highest BCUT2D eigenvalue weighted by Gasteiger charge is 2.48. The number of hydrogen-bond donors (Lipinski definition) is 0. The molecule has 0 saturated carbocycles. The third-order valence-electron chi connectivity index (χ3n) is 1.86. The molecule has 0 aromatic heterocycles. The van der Waals surface area contributed by atoms with Crippen molar-refractivity contribution in [3.63, 3.8) is 0 Å². The third kappa shape index (κ3) is 2.98. The van der Waals surface area contributed by atoms with Gasteiger partial charge in [-0.15, -0.1) is 0 Å². The Morgan fingerprint density at radius 1 is 1.12 bits per heavy atom. The van der Waals surface area contributed by atoms with Gasteiger partial charge in [-0.1, -0.05) is 47.8 Å². The SMILES string of the molecule is FC(F)C(F)(F)C(Br)c1cc(Br)ccc1Br. The van der Waals surface area contributed by atoms with Crippen molar-refractivity contribution in [2.24, 2.45) is 0 Å².